The maximum atomic E-state index is 15.1. The Morgan fingerprint density at radius 1 is 1.37 bits per heavy atom. The number of aromatic carboxylic acids is 1. The summed E-state index contributed by atoms with van der Waals surface area (Å²) in [6, 6.07) is 0.939. The zero-order chi connectivity index (χ0) is 21.7. The molecule has 10 heteroatoms. The fourth-order valence-electron chi connectivity index (χ4n) is 3.92. The summed E-state index contributed by atoms with van der Waals surface area (Å²) < 4.78 is 16.8. The van der Waals surface area contributed by atoms with E-state index in [0.717, 1.165) is 18.9 Å². The van der Waals surface area contributed by atoms with Crippen LogP contribution in [0.25, 0.3) is 10.9 Å². The lowest BCUT2D eigenvalue weighted by Gasteiger charge is -2.23. The van der Waals surface area contributed by atoms with Gasteiger partial charge in [-0.15, -0.1) is 0 Å². The fraction of sp³-hybridized carbons (Fsp3) is 0.450. The van der Waals surface area contributed by atoms with Crippen molar-refractivity contribution < 1.29 is 19.1 Å². The molecular formula is C20H21ClFN3O4S. The van der Waals surface area contributed by atoms with Gasteiger partial charge in [-0.3, -0.25) is 9.59 Å². The molecule has 1 aliphatic heterocycles. The number of aromatic nitrogens is 1. The third-order valence-corrected chi connectivity index (χ3v) is 6.18. The summed E-state index contributed by atoms with van der Waals surface area (Å²) >= 11 is 10.7. The van der Waals surface area contributed by atoms with Gasteiger partial charge in [0, 0.05) is 31.4 Å². The molecule has 1 aromatic carbocycles. The lowest BCUT2D eigenvalue weighted by atomic mass is 10.1. The molecule has 7 nitrogen and oxygen atoms in total. The summed E-state index contributed by atoms with van der Waals surface area (Å²) in [5, 5.41) is 11.8. The Morgan fingerprint density at radius 2 is 2.07 bits per heavy atom. The number of carbonyl (C=O) groups is 2. The van der Waals surface area contributed by atoms with E-state index >= 15 is 4.39 Å². The third kappa shape index (κ3) is 3.65. The largest absolute Gasteiger partial charge is 0.477 e. The van der Waals surface area contributed by atoms with Gasteiger partial charge in [0.25, 0.3) is 0 Å². The average molecular weight is 454 g/mol. The second kappa shape index (κ2) is 7.77. The lowest BCUT2D eigenvalue weighted by molar-refractivity contribution is -0.120. The second-order valence-electron chi connectivity index (χ2n) is 7.85. The van der Waals surface area contributed by atoms with Crippen molar-refractivity contribution in [2.24, 2.45) is 0 Å². The number of anilines is 1. The van der Waals surface area contributed by atoms with E-state index in [0.29, 0.717) is 25.0 Å². The minimum Gasteiger partial charge on any atom is -0.477 e. The molecule has 4 rings (SSSR count). The number of carboxylic acids is 1. The molecule has 0 radical (unpaired) electrons. The Labute approximate surface area is 182 Å². The van der Waals surface area contributed by atoms with Crippen LogP contribution >= 0.6 is 24.2 Å². The number of rotatable bonds is 5. The first-order valence-electron chi connectivity index (χ1n) is 9.72. The van der Waals surface area contributed by atoms with Crippen molar-refractivity contribution in [3.63, 3.8) is 0 Å². The average Bonchev–Trinajstić information content (AvgIpc) is 3.42. The molecular weight excluding hydrogens is 433 g/mol. The van der Waals surface area contributed by atoms with Crippen LogP contribution in [-0.2, 0) is 4.79 Å². The van der Waals surface area contributed by atoms with Gasteiger partial charge in [-0.1, -0.05) is 11.6 Å². The maximum absolute atomic E-state index is 15.1. The van der Waals surface area contributed by atoms with Gasteiger partial charge in [0.1, 0.15) is 11.4 Å². The highest BCUT2D eigenvalue weighted by Crippen LogP contribution is 2.42. The summed E-state index contributed by atoms with van der Waals surface area (Å²) in [5.74, 6) is -2.24. The Morgan fingerprint density at radius 3 is 2.67 bits per heavy atom. The lowest BCUT2D eigenvalue weighted by Crippen LogP contribution is -2.40. The highest BCUT2D eigenvalue weighted by atomic mass is 35.5. The van der Waals surface area contributed by atoms with Gasteiger partial charge >= 0.3 is 5.97 Å². The minimum absolute atomic E-state index is 0.0319. The molecule has 30 heavy (non-hydrogen) atoms. The molecule has 2 atom stereocenters. The number of hydrogen-bond donors (Lipinski definition) is 3. The molecule has 160 valence electrons. The van der Waals surface area contributed by atoms with Crippen molar-refractivity contribution in [2.75, 3.05) is 18.0 Å². The highest BCUT2D eigenvalue weighted by molar-refractivity contribution is 7.81. The van der Waals surface area contributed by atoms with Crippen LogP contribution in [-0.4, -0.2) is 45.9 Å². The summed E-state index contributed by atoms with van der Waals surface area (Å²) in [7, 11) is 0. The molecule has 1 saturated carbocycles. The normalized spacial score (nSPS) is 19.9. The number of benzene rings is 1. The van der Waals surface area contributed by atoms with Gasteiger partial charge in [-0.2, -0.15) is 12.6 Å². The first kappa shape index (κ1) is 21.0. The minimum atomic E-state index is -1.35. The molecule has 2 fully saturated rings. The van der Waals surface area contributed by atoms with Crippen LogP contribution in [0.15, 0.2) is 17.1 Å². The predicted octanol–water partition coefficient (Wildman–Crippen LogP) is 2.84. The molecule has 1 amide bonds. The summed E-state index contributed by atoms with van der Waals surface area (Å²) in [6.45, 7) is 2.53. The number of carbonyl (C=O) groups excluding carboxylic acids is 1. The monoisotopic (exact) mass is 453 g/mol. The van der Waals surface area contributed by atoms with Crippen molar-refractivity contribution >= 4 is 52.7 Å². The fourth-order valence-corrected chi connectivity index (χ4v) is 4.40. The number of fused-ring (bicyclic) bond motifs is 1. The molecule has 0 spiro atoms. The third-order valence-electron chi connectivity index (χ3n) is 5.58. The molecule has 1 aromatic heterocycles. The van der Waals surface area contributed by atoms with Crippen molar-refractivity contribution in [1.29, 1.82) is 0 Å². The van der Waals surface area contributed by atoms with Gasteiger partial charge < -0.3 is 19.9 Å². The Kier molecular flexibility index (Phi) is 5.44. The van der Waals surface area contributed by atoms with Gasteiger partial charge in [0.15, 0.2) is 0 Å². The van der Waals surface area contributed by atoms with Gasteiger partial charge in [-0.05, 0) is 32.3 Å². The van der Waals surface area contributed by atoms with Crippen LogP contribution in [0.2, 0.25) is 5.02 Å². The Bertz CT molecular complexity index is 1120. The molecule has 1 aliphatic carbocycles. The van der Waals surface area contributed by atoms with E-state index in [1.807, 2.05) is 0 Å². The number of amides is 1. The second-order valence-corrected chi connectivity index (χ2v) is 9.00. The van der Waals surface area contributed by atoms with Crippen molar-refractivity contribution in [3.8, 4) is 0 Å². The number of nitrogens with one attached hydrogen (secondary N) is 1. The van der Waals surface area contributed by atoms with Crippen molar-refractivity contribution in [1.82, 2.24) is 9.88 Å². The van der Waals surface area contributed by atoms with E-state index in [4.69, 9.17) is 11.6 Å². The van der Waals surface area contributed by atoms with E-state index in [2.05, 4.69) is 17.9 Å². The quantitative estimate of drug-likeness (QED) is 0.605. The smallest absolute Gasteiger partial charge is 0.341 e. The SMILES string of the molecule is CC(S)C(=O)NC1CCN(c2c(F)cc3c(=O)c(C(=O)O)cn(C4CC4)c3c2Cl)C1. The summed E-state index contributed by atoms with van der Waals surface area (Å²) in [6.07, 6.45) is 3.59. The molecule has 2 aliphatic rings. The van der Waals surface area contributed by atoms with Crippen LogP contribution in [0.4, 0.5) is 10.1 Å². The Balaban J connectivity index is 1.78. The molecule has 0 bridgehead atoms. The van der Waals surface area contributed by atoms with Gasteiger partial charge in [0.05, 0.1) is 26.9 Å². The van der Waals surface area contributed by atoms with Gasteiger partial charge in [0.2, 0.25) is 11.3 Å². The number of thiol groups is 1. The number of pyridine rings is 1. The molecule has 2 unspecified atom stereocenters. The maximum Gasteiger partial charge on any atom is 0.341 e. The van der Waals surface area contributed by atoms with E-state index in [9.17, 15) is 19.5 Å². The standard InChI is InChI=1S/C20H21ClFN3O4S/c1-9(30)19(27)23-10-4-5-24(7-10)17-14(22)6-12-16(15(17)21)25(11-2-3-11)8-13(18(12)26)20(28)29/h6,8-11,30H,2-5,7H2,1H3,(H,23,27)(H,28,29). The van der Waals surface area contributed by atoms with Crippen LogP contribution in [0.1, 0.15) is 42.6 Å². The number of halogens is 2. The number of nitrogens with zero attached hydrogens (tertiary/aromatic N) is 2. The van der Waals surface area contributed by atoms with Crippen LogP contribution < -0.4 is 15.6 Å². The topological polar surface area (TPSA) is 91.6 Å². The van der Waals surface area contributed by atoms with Crippen LogP contribution in [0.3, 0.4) is 0 Å². The summed E-state index contributed by atoms with van der Waals surface area (Å²) in [5.41, 5.74) is -0.641. The van der Waals surface area contributed by atoms with Crippen molar-refractivity contribution in [3.05, 3.63) is 38.9 Å². The number of carboxylic acid groups (broad SMARTS) is 1. The molecule has 2 aromatic rings. The first-order chi connectivity index (χ1) is 14.2. The van der Waals surface area contributed by atoms with Crippen LogP contribution in [0.5, 0.6) is 0 Å². The first-order valence-corrected chi connectivity index (χ1v) is 10.6. The highest BCUT2D eigenvalue weighted by Gasteiger charge is 2.32. The summed E-state index contributed by atoms with van der Waals surface area (Å²) in [4.78, 5) is 37.8. The Hall–Kier alpha value is -2.26. The zero-order valence-electron chi connectivity index (χ0n) is 16.2. The number of hydrogen-bond acceptors (Lipinski definition) is 5. The molecule has 2 heterocycles. The van der Waals surface area contributed by atoms with Gasteiger partial charge in [-0.25, -0.2) is 9.18 Å². The predicted molar refractivity (Wildman–Crippen MR) is 116 cm³/mol. The van der Waals surface area contributed by atoms with Crippen molar-refractivity contribution in [2.45, 2.75) is 43.5 Å². The van der Waals surface area contributed by atoms with E-state index < -0.39 is 28.0 Å². The molecule has 2 N–H and O–H groups in total. The van der Waals surface area contributed by atoms with E-state index in [1.54, 1.807) is 16.4 Å². The molecule has 1 saturated heterocycles. The van der Waals surface area contributed by atoms with Crippen LogP contribution in [0, 0.1) is 5.82 Å². The van der Waals surface area contributed by atoms with E-state index in [1.165, 1.54) is 6.20 Å². The van der Waals surface area contributed by atoms with E-state index in [-0.39, 0.29) is 34.1 Å². The zero-order valence-corrected chi connectivity index (χ0v) is 17.8.